The zero-order chi connectivity index (χ0) is 12.8. The molecule has 0 spiro atoms. The minimum Gasteiger partial charge on any atom is -0.192 e. The van der Waals surface area contributed by atoms with Gasteiger partial charge in [0.05, 0.1) is 11.6 Å². The third-order valence-corrected chi connectivity index (χ3v) is 3.29. The Morgan fingerprint density at radius 2 is 1.39 bits per heavy atom. The van der Waals surface area contributed by atoms with E-state index in [0.717, 1.165) is 10.9 Å². The maximum atomic E-state index is 8.71. The number of alkyl halides is 1. The summed E-state index contributed by atoms with van der Waals surface area (Å²) in [5.74, 6) is 0. The van der Waals surface area contributed by atoms with Crippen molar-refractivity contribution in [1.29, 1.82) is 5.26 Å². The lowest BCUT2D eigenvalue weighted by atomic mass is 10.1. The molecule has 0 radical (unpaired) electrons. The molecule has 0 bridgehead atoms. The van der Waals surface area contributed by atoms with Gasteiger partial charge in [-0.15, -0.1) is 0 Å². The van der Waals surface area contributed by atoms with Crippen molar-refractivity contribution < 1.29 is 0 Å². The summed E-state index contributed by atoms with van der Waals surface area (Å²) in [6.45, 7) is 0. The SMILES string of the molecule is N#Cc1ccc(/C=C/c2ccc(CBr)cc2)cc1. The first-order chi connectivity index (χ1) is 8.81. The highest BCUT2D eigenvalue weighted by molar-refractivity contribution is 9.08. The van der Waals surface area contributed by atoms with Crippen LogP contribution in [-0.4, -0.2) is 0 Å². The molecule has 0 amide bonds. The van der Waals surface area contributed by atoms with Crippen molar-refractivity contribution >= 4 is 28.1 Å². The van der Waals surface area contributed by atoms with Gasteiger partial charge in [0.15, 0.2) is 0 Å². The van der Waals surface area contributed by atoms with Gasteiger partial charge in [0, 0.05) is 5.33 Å². The van der Waals surface area contributed by atoms with Crippen molar-refractivity contribution in [2.24, 2.45) is 0 Å². The minimum absolute atomic E-state index is 0.689. The van der Waals surface area contributed by atoms with Crippen molar-refractivity contribution in [3.8, 4) is 6.07 Å². The molecule has 1 nitrogen and oxygen atoms in total. The molecule has 0 aliphatic carbocycles. The highest BCUT2D eigenvalue weighted by Gasteiger charge is 1.91. The predicted octanol–water partition coefficient (Wildman–Crippen LogP) is 4.62. The fraction of sp³-hybridized carbons (Fsp3) is 0.0625. The van der Waals surface area contributed by atoms with Crippen LogP contribution in [0, 0.1) is 11.3 Å². The molecular weight excluding hydrogens is 286 g/mol. The van der Waals surface area contributed by atoms with Crippen LogP contribution in [0.5, 0.6) is 0 Å². The van der Waals surface area contributed by atoms with Crippen LogP contribution in [-0.2, 0) is 5.33 Å². The lowest BCUT2D eigenvalue weighted by molar-refractivity contribution is 1.43. The molecule has 88 valence electrons. The van der Waals surface area contributed by atoms with E-state index in [1.54, 1.807) is 0 Å². The monoisotopic (exact) mass is 297 g/mol. The molecule has 0 aliphatic heterocycles. The molecule has 0 atom stereocenters. The quantitative estimate of drug-likeness (QED) is 0.599. The van der Waals surface area contributed by atoms with Crippen LogP contribution < -0.4 is 0 Å². The fourth-order valence-corrected chi connectivity index (χ4v) is 1.95. The summed E-state index contributed by atoms with van der Waals surface area (Å²) >= 11 is 3.43. The normalized spacial score (nSPS) is 10.4. The Bertz CT molecular complexity index is 574. The van der Waals surface area contributed by atoms with Crippen LogP contribution in [0.1, 0.15) is 22.3 Å². The molecule has 2 heteroatoms. The van der Waals surface area contributed by atoms with E-state index in [1.165, 1.54) is 11.1 Å². The average molecular weight is 298 g/mol. The Balaban J connectivity index is 2.11. The average Bonchev–Trinajstić information content (AvgIpc) is 2.46. The van der Waals surface area contributed by atoms with Gasteiger partial charge in [-0.2, -0.15) is 5.26 Å². The van der Waals surface area contributed by atoms with Crippen molar-refractivity contribution in [2.75, 3.05) is 0 Å². The summed E-state index contributed by atoms with van der Waals surface area (Å²) in [5.41, 5.74) is 4.22. The van der Waals surface area contributed by atoms with Crippen LogP contribution in [0.25, 0.3) is 12.2 Å². The molecule has 0 unspecified atom stereocenters. The van der Waals surface area contributed by atoms with Gasteiger partial charge in [-0.1, -0.05) is 64.5 Å². The Labute approximate surface area is 116 Å². The van der Waals surface area contributed by atoms with Gasteiger partial charge in [0.25, 0.3) is 0 Å². The number of hydrogen-bond donors (Lipinski definition) is 0. The van der Waals surface area contributed by atoms with Crippen molar-refractivity contribution in [2.45, 2.75) is 5.33 Å². The third kappa shape index (κ3) is 3.32. The molecule has 0 heterocycles. The second-order valence-corrected chi connectivity index (χ2v) is 4.50. The molecular formula is C16H12BrN. The lowest BCUT2D eigenvalue weighted by Crippen LogP contribution is -1.78. The number of nitriles is 1. The Morgan fingerprint density at radius 1 is 0.889 bits per heavy atom. The minimum atomic E-state index is 0.689. The van der Waals surface area contributed by atoms with E-state index in [2.05, 4.69) is 52.3 Å². The van der Waals surface area contributed by atoms with E-state index >= 15 is 0 Å². The molecule has 0 saturated carbocycles. The second-order valence-electron chi connectivity index (χ2n) is 3.94. The van der Waals surface area contributed by atoms with E-state index < -0.39 is 0 Å². The summed E-state index contributed by atoms with van der Waals surface area (Å²) in [7, 11) is 0. The molecule has 0 saturated heterocycles. The van der Waals surface area contributed by atoms with Crippen LogP contribution in [0.4, 0.5) is 0 Å². The first-order valence-electron chi connectivity index (χ1n) is 5.65. The summed E-state index contributed by atoms with van der Waals surface area (Å²) in [6.07, 6.45) is 4.11. The highest BCUT2D eigenvalue weighted by Crippen LogP contribution is 2.12. The Hall–Kier alpha value is -1.85. The van der Waals surface area contributed by atoms with Gasteiger partial charge in [0.2, 0.25) is 0 Å². The lowest BCUT2D eigenvalue weighted by Gasteiger charge is -1.97. The van der Waals surface area contributed by atoms with Gasteiger partial charge in [-0.3, -0.25) is 0 Å². The van der Waals surface area contributed by atoms with E-state index in [4.69, 9.17) is 5.26 Å². The molecule has 0 fully saturated rings. The fourth-order valence-electron chi connectivity index (χ4n) is 1.58. The van der Waals surface area contributed by atoms with Crippen LogP contribution in [0.2, 0.25) is 0 Å². The number of benzene rings is 2. The Kier molecular flexibility index (Phi) is 4.33. The summed E-state index contributed by atoms with van der Waals surface area (Å²) in [5, 5.41) is 9.60. The van der Waals surface area contributed by atoms with Crippen LogP contribution >= 0.6 is 15.9 Å². The topological polar surface area (TPSA) is 23.8 Å². The zero-order valence-electron chi connectivity index (χ0n) is 9.81. The van der Waals surface area contributed by atoms with Gasteiger partial charge in [-0.05, 0) is 28.8 Å². The predicted molar refractivity (Wildman–Crippen MR) is 79.2 cm³/mol. The van der Waals surface area contributed by atoms with Crippen LogP contribution in [0.3, 0.4) is 0 Å². The molecule has 2 aromatic rings. The van der Waals surface area contributed by atoms with Crippen molar-refractivity contribution in [3.63, 3.8) is 0 Å². The van der Waals surface area contributed by atoms with E-state index in [0.29, 0.717) is 5.56 Å². The van der Waals surface area contributed by atoms with E-state index in [1.807, 2.05) is 30.3 Å². The second kappa shape index (κ2) is 6.18. The van der Waals surface area contributed by atoms with Crippen LogP contribution in [0.15, 0.2) is 48.5 Å². The van der Waals surface area contributed by atoms with Gasteiger partial charge < -0.3 is 0 Å². The largest absolute Gasteiger partial charge is 0.192 e. The molecule has 2 aromatic carbocycles. The first kappa shape index (κ1) is 12.6. The van der Waals surface area contributed by atoms with Gasteiger partial charge in [-0.25, -0.2) is 0 Å². The molecule has 0 N–H and O–H groups in total. The summed E-state index contributed by atoms with van der Waals surface area (Å²) in [6, 6.07) is 18.1. The van der Waals surface area contributed by atoms with Crippen molar-refractivity contribution in [1.82, 2.24) is 0 Å². The Morgan fingerprint density at radius 3 is 1.83 bits per heavy atom. The maximum Gasteiger partial charge on any atom is 0.0991 e. The molecule has 0 aliphatic rings. The molecule has 2 rings (SSSR count). The third-order valence-electron chi connectivity index (χ3n) is 2.64. The van der Waals surface area contributed by atoms with Crippen molar-refractivity contribution in [3.05, 3.63) is 70.8 Å². The standard InChI is InChI=1S/C16H12BrN/c17-11-15-7-3-13(4-8-15)1-2-14-5-9-16(12-18)10-6-14/h1-10H,11H2/b2-1+. The summed E-state index contributed by atoms with van der Waals surface area (Å²) < 4.78 is 0. The molecule has 0 aromatic heterocycles. The van der Waals surface area contributed by atoms with Gasteiger partial charge in [0.1, 0.15) is 0 Å². The number of nitrogens with zero attached hydrogens (tertiary/aromatic N) is 1. The molecule has 18 heavy (non-hydrogen) atoms. The first-order valence-corrected chi connectivity index (χ1v) is 6.77. The number of hydrogen-bond acceptors (Lipinski definition) is 1. The smallest absolute Gasteiger partial charge is 0.0991 e. The number of rotatable bonds is 3. The van der Waals surface area contributed by atoms with Gasteiger partial charge >= 0.3 is 0 Å². The van der Waals surface area contributed by atoms with E-state index in [9.17, 15) is 0 Å². The summed E-state index contributed by atoms with van der Waals surface area (Å²) in [4.78, 5) is 0. The maximum absolute atomic E-state index is 8.71. The van der Waals surface area contributed by atoms with E-state index in [-0.39, 0.29) is 0 Å². The highest BCUT2D eigenvalue weighted by atomic mass is 79.9. The zero-order valence-corrected chi connectivity index (χ0v) is 11.4. The number of halogens is 1.